The lowest BCUT2D eigenvalue weighted by atomic mass is 9.97. The van der Waals surface area contributed by atoms with Crippen LogP contribution in [-0.2, 0) is 0 Å². The first-order valence-electron chi connectivity index (χ1n) is 5.82. The van der Waals surface area contributed by atoms with Crippen LogP contribution in [-0.4, -0.2) is 38.8 Å². The van der Waals surface area contributed by atoms with Gasteiger partial charge >= 0.3 is 0 Å². The highest BCUT2D eigenvalue weighted by Crippen LogP contribution is 2.30. The molecule has 2 nitrogen and oxygen atoms in total. The summed E-state index contributed by atoms with van der Waals surface area (Å²) in [5.74, 6) is 0. The van der Waals surface area contributed by atoms with Crippen molar-refractivity contribution in [1.29, 1.82) is 0 Å². The van der Waals surface area contributed by atoms with Gasteiger partial charge in [0.25, 0.3) is 0 Å². The Kier molecular flexibility index (Phi) is 5.94. The summed E-state index contributed by atoms with van der Waals surface area (Å²) in [6.07, 6.45) is 4.29. The number of aliphatic hydroxyl groups is 1. The fourth-order valence-electron chi connectivity index (χ4n) is 1.90. The lowest BCUT2D eigenvalue weighted by Crippen LogP contribution is -2.33. The first-order valence-corrected chi connectivity index (χ1v) is 7.11. The van der Waals surface area contributed by atoms with E-state index in [1.165, 1.54) is 6.42 Å². The third-order valence-electron chi connectivity index (χ3n) is 2.94. The zero-order valence-electron chi connectivity index (χ0n) is 9.61. The van der Waals surface area contributed by atoms with Gasteiger partial charge in [0.1, 0.15) is 4.32 Å². The molecule has 1 aliphatic carbocycles. The minimum absolute atomic E-state index is 0.155. The van der Waals surface area contributed by atoms with Crippen LogP contribution in [0.2, 0.25) is 0 Å². The Hall–Kier alpha value is 0.200. The van der Waals surface area contributed by atoms with E-state index in [9.17, 15) is 5.11 Å². The molecule has 2 atom stereocenters. The van der Waals surface area contributed by atoms with Crippen LogP contribution in [0.15, 0.2) is 0 Å². The van der Waals surface area contributed by atoms with Gasteiger partial charge in [-0.1, -0.05) is 36.8 Å². The van der Waals surface area contributed by atoms with E-state index < -0.39 is 0 Å². The molecule has 1 N–H and O–H groups in total. The minimum atomic E-state index is -0.155. The van der Waals surface area contributed by atoms with Gasteiger partial charge in [0.2, 0.25) is 0 Å². The third kappa shape index (κ3) is 3.93. The van der Waals surface area contributed by atoms with E-state index in [1.807, 2.05) is 0 Å². The molecule has 2 unspecified atom stereocenters. The first kappa shape index (κ1) is 13.3. The highest BCUT2D eigenvalue weighted by Gasteiger charge is 2.25. The van der Waals surface area contributed by atoms with Gasteiger partial charge in [-0.25, -0.2) is 0 Å². The largest absolute Gasteiger partial charge is 0.392 e. The van der Waals surface area contributed by atoms with Crippen LogP contribution in [0.3, 0.4) is 0 Å². The van der Waals surface area contributed by atoms with Crippen molar-refractivity contribution in [1.82, 2.24) is 4.90 Å². The second-order valence-electron chi connectivity index (χ2n) is 3.95. The Morgan fingerprint density at radius 2 is 1.93 bits per heavy atom. The monoisotopic (exact) mass is 247 g/mol. The molecule has 0 heterocycles. The van der Waals surface area contributed by atoms with E-state index in [-0.39, 0.29) is 6.10 Å². The second-order valence-corrected chi connectivity index (χ2v) is 5.82. The topological polar surface area (TPSA) is 23.5 Å². The zero-order chi connectivity index (χ0) is 11.3. The van der Waals surface area contributed by atoms with E-state index in [1.54, 1.807) is 11.8 Å². The number of thioether (sulfide) groups is 1. The summed E-state index contributed by atoms with van der Waals surface area (Å²) in [7, 11) is 0. The van der Waals surface area contributed by atoms with Crippen molar-refractivity contribution in [3.63, 3.8) is 0 Å². The normalized spacial score (nSPS) is 26.3. The molecule has 0 amide bonds. The number of hydrogen-bond acceptors (Lipinski definition) is 3. The highest BCUT2D eigenvalue weighted by molar-refractivity contribution is 8.23. The Bertz CT molecular complexity index is 207. The van der Waals surface area contributed by atoms with Gasteiger partial charge in [-0.05, 0) is 26.7 Å². The van der Waals surface area contributed by atoms with Crippen molar-refractivity contribution >= 4 is 28.3 Å². The van der Waals surface area contributed by atoms with Crippen molar-refractivity contribution in [3.05, 3.63) is 0 Å². The fourth-order valence-corrected chi connectivity index (χ4v) is 3.77. The van der Waals surface area contributed by atoms with E-state index in [4.69, 9.17) is 12.2 Å². The van der Waals surface area contributed by atoms with Gasteiger partial charge < -0.3 is 10.0 Å². The van der Waals surface area contributed by atoms with Gasteiger partial charge in [-0.15, -0.1) is 0 Å². The van der Waals surface area contributed by atoms with Gasteiger partial charge in [0.15, 0.2) is 0 Å². The quantitative estimate of drug-likeness (QED) is 0.775. The summed E-state index contributed by atoms with van der Waals surface area (Å²) < 4.78 is 0.950. The number of thiocarbonyl (C=S) groups is 1. The molecule has 1 saturated carbocycles. The summed E-state index contributed by atoms with van der Waals surface area (Å²) in [6, 6.07) is 0. The molecular formula is C11H21NOS2. The molecule has 1 aliphatic rings. The molecular weight excluding hydrogens is 226 g/mol. The average molecular weight is 247 g/mol. The van der Waals surface area contributed by atoms with Gasteiger partial charge in [0.05, 0.1) is 6.10 Å². The first-order chi connectivity index (χ1) is 7.19. The molecule has 88 valence electrons. The standard InChI is InChI=1S/C11H21NOS2/c1-3-12(4-2)11(14)15-10-8-6-5-7-9(10)13/h9-10,13H,3-8H2,1-2H3. The van der Waals surface area contributed by atoms with Gasteiger partial charge in [0, 0.05) is 18.3 Å². The Morgan fingerprint density at radius 3 is 2.47 bits per heavy atom. The van der Waals surface area contributed by atoms with E-state index in [0.29, 0.717) is 5.25 Å². The van der Waals surface area contributed by atoms with Gasteiger partial charge in [-0.3, -0.25) is 0 Å². The second kappa shape index (κ2) is 6.71. The van der Waals surface area contributed by atoms with Crippen molar-refractivity contribution < 1.29 is 5.11 Å². The Balaban J connectivity index is 2.41. The van der Waals surface area contributed by atoms with Crippen LogP contribution in [0.4, 0.5) is 0 Å². The van der Waals surface area contributed by atoms with E-state index in [0.717, 1.165) is 36.7 Å². The van der Waals surface area contributed by atoms with Crippen molar-refractivity contribution in [2.75, 3.05) is 13.1 Å². The molecule has 4 heteroatoms. The van der Waals surface area contributed by atoms with Crippen LogP contribution in [0, 0.1) is 0 Å². The van der Waals surface area contributed by atoms with Crippen LogP contribution in [0.5, 0.6) is 0 Å². The lowest BCUT2D eigenvalue weighted by molar-refractivity contribution is 0.137. The molecule has 0 aliphatic heterocycles. The maximum absolute atomic E-state index is 9.85. The van der Waals surface area contributed by atoms with Crippen LogP contribution in [0.1, 0.15) is 39.5 Å². The molecule has 0 aromatic rings. The predicted octanol–water partition coefficient (Wildman–Crippen LogP) is 2.65. The summed E-state index contributed by atoms with van der Waals surface area (Å²) in [5, 5.41) is 10.2. The molecule has 15 heavy (non-hydrogen) atoms. The van der Waals surface area contributed by atoms with Crippen LogP contribution < -0.4 is 0 Å². The van der Waals surface area contributed by atoms with Crippen molar-refractivity contribution in [3.8, 4) is 0 Å². The smallest absolute Gasteiger partial charge is 0.136 e. The molecule has 1 rings (SSSR count). The lowest BCUT2D eigenvalue weighted by Gasteiger charge is -2.30. The summed E-state index contributed by atoms with van der Waals surface area (Å²) in [5.41, 5.74) is 0. The fraction of sp³-hybridized carbons (Fsp3) is 0.909. The molecule has 1 fully saturated rings. The van der Waals surface area contributed by atoms with Crippen molar-refractivity contribution in [2.45, 2.75) is 50.9 Å². The number of rotatable bonds is 3. The van der Waals surface area contributed by atoms with Crippen molar-refractivity contribution in [2.24, 2.45) is 0 Å². The van der Waals surface area contributed by atoms with Gasteiger partial charge in [-0.2, -0.15) is 0 Å². The predicted molar refractivity (Wildman–Crippen MR) is 71.4 cm³/mol. The maximum Gasteiger partial charge on any atom is 0.136 e. The maximum atomic E-state index is 9.85. The summed E-state index contributed by atoms with van der Waals surface area (Å²) in [4.78, 5) is 2.18. The molecule has 0 aromatic carbocycles. The minimum Gasteiger partial charge on any atom is -0.392 e. The molecule has 0 aromatic heterocycles. The van der Waals surface area contributed by atoms with Crippen LogP contribution >= 0.6 is 24.0 Å². The number of hydrogen-bond donors (Lipinski definition) is 1. The zero-order valence-corrected chi connectivity index (χ0v) is 11.2. The van der Waals surface area contributed by atoms with Crippen LogP contribution in [0.25, 0.3) is 0 Å². The van der Waals surface area contributed by atoms with E-state index in [2.05, 4.69) is 18.7 Å². The summed E-state index contributed by atoms with van der Waals surface area (Å²) in [6.45, 7) is 6.16. The average Bonchev–Trinajstić information content (AvgIpc) is 2.23. The summed E-state index contributed by atoms with van der Waals surface area (Å²) >= 11 is 7.08. The molecule has 0 radical (unpaired) electrons. The molecule has 0 bridgehead atoms. The molecule has 0 spiro atoms. The number of nitrogens with zero attached hydrogens (tertiary/aromatic N) is 1. The highest BCUT2D eigenvalue weighted by atomic mass is 32.2. The third-order valence-corrected chi connectivity index (χ3v) is 4.80. The van der Waals surface area contributed by atoms with E-state index >= 15 is 0 Å². The number of aliphatic hydroxyl groups excluding tert-OH is 1. The Labute approximate surface area is 102 Å². The molecule has 0 saturated heterocycles. The SMILES string of the molecule is CCN(CC)C(=S)SC1CCCCC1O. The Morgan fingerprint density at radius 1 is 1.33 bits per heavy atom.